The van der Waals surface area contributed by atoms with Gasteiger partial charge in [0.1, 0.15) is 5.00 Å². The van der Waals surface area contributed by atoms with Crippen LogP contribution in [0.3, 0.4) is 0 Å². The van der Waals surface area contributed by atoms with Crippen molar-refractivity contribution in [2.75, 3.05) is 11.9 Å². The van der Waals surface area contributed by atoms with Gasteiger partial charge >= 0.3 is 5.97 Å². The van der Waals surface area contributed by atoms with Crippen molar-refractivity contribution in [3.63, 3.8) is 0 Å². The molecule has 0 saturated heterocycles. The molecule has 0 aliphatic heterocycles. The van der Waals surface area contributed by atoms with Crippen LogP contribution in [-0.4, -0.2) is 23.4 Å². The molecule has 1 aromatic carbocycles. The van der Waals surface area contributed by atoms with Gasteiger partial charge in [-0.2, -0.15) is 0 Å². The summed E-state index contributed by atoms with van der Waals surface area (Å²) in [4.78, 5) is 37.4. The number of benzene rings is 1. The third kappa shape index (κ3) is 4.32. The summed E-state index contributed by atoms with van der Waals surface area (Å²) in [6.45, 7) is 5.95. The lowest BCUT2D eigenvalue weighted by Crippen LogP contribution is -2.17. The largest absolute Gasteiger partial charge is 0.462 e. The summed E-state index contributed by atoms with van der Waals surface area (Å²) in [5.74, 6) is -0.379. The Kier molecular flexibility index (Phi) is 6.32. The second-order valence-corrected chi connectivity index (χ2v) is 8.46. The number of nitrogens with zero attached hydrogens (tertiary/aromatic N) is 1. The summed E-state index contributed by atoms with van der Waals surface area (Å²) in [5.41, 5.74) is 1.79. The molecule has 1 unspecified atom stereocenters. The van der Waals surface area contributed by atoms with Crippen LogP contribution in [0.2, 0.25) is 0 Å². The van der Waals surface area contributed by atoms with Crippen LogP contribution in [0, 0.1) is 23.0 Å². The van der Waals surface area contributed by atoms with Crippen LogP contribution < -0.4 is 5.32 Å². The first-order valence-corrected chi connectivity index (χ1v) is 10.5. The Hall–Kier alpha value is -2.74. The van der Waals surface area contributed by atoms with E-state index in [1.165, 1.54) is 23.5 Å². The number of carbonyl (C=O) groups is 2. The maximum absolute atomic E-state index is 12.9. The Labute approximate surface area is 173 Å². The maximum Gasteiger partial charge on any atom is 0.341 e. The van der Waals surface area contributed by atoms with E-state index in [2.05, 4.69) is 12.2 Å². The SMILES string of the molecule is CCCOC(=O)c1c(NC(=O)c2cccc([N+](=O)[O-])c2C)sc2c1CCC(C)C2. The van der Waals surface area contributed by atoms with Gasteiger partial charge in [0, 0.05) is 22.1 Å². The highest BCUT2D eigenvalue weighted by molar-refractivity contribution is 7.17. The Morgan fingerprint density at radius 3 is 2.83 bits per heavy atom. The molecule has 1 heterocycles. The minimum atomic E-state index is -0.509. The smallest absolute Gasteiger partial charge is 0.341 e. The molecule has 7 nitrogen and oxygen atoms in total. The van der Waals surface area contributed by atoms with Gasteiger partial charge in [0.05, 0.1) is 17.1 Å². The molecule has 0 radical (unpaired) electrons. The fraction of sp³-hybridized carbons (Fsp3) is 0.429. The molecule has 1 amide bonds. The number of hydrogen-bond acceptors (Lipinski definition) is 6. The maximum atomic E-state index is 12.9. The number of thiophene rings is 1. The highest BCUT2D eigenvalue weighted by atomic mass is 32.1. The van der Waals surface area contributed by atoms with E-state index in [4.69, 9.17) is 4.74 Å². The van der Waals surface area contributed by atoms with Crippen LogP contribution in [0.15, 0.2) is 18.2 Å². The summed E-state index contributed by atoms with van der Waals surface area (Å²) < 4.78 is 5.36. The van der Waals surface area contributed by atoms with E-state index in [1.54, 1.807) is 13.0 Å². The topological polar surface area (TPSA) is 98.5 Å². The van der Waals surface area contributed by atoms with Gasteiger partial charge in [-0.05, 0) is 50.2 Å². The number of nitro benzene ring substituents is 1. The summed E-state index contributed by atoms with van der Waals surface area (Å²) in [7, 11) is 0. The van der Waals surface area contributed by atoms with Gasteiger partial charge in [0.2, 0.25) is 0 Å². The molecule has 8 heteroatoms. The first-order chi connectivity index (χ1) is 13.8. The number of esters is 1. The minimum Gasteiger partial charge on any atom is -0.462 e. The Morgan fingerprint density at radius 1 is 1.38 bits per heavy atom. The molecule has 2 aromatic rings. The van der Waals surface area contributed by atoms with Crippen molar-refractivity contribution in [3.8, 4) is 0 Å². The monoisotopic (exact) mass is 416 g/mol. The van der Waals surface area contributed by atoms with Crippen molar-refractivity contribution < 1.29 is 19.2 Å². The van der Waals surface area contributed by atoms with Crippen LogP contribution >= 0.6 is 11.3 Å². The third-order valence-corrected chi connectivity index (χ3v) is 6.30. The summed E-state index contributed by atoms with van der Waals surface area (Å²) in [6, 6.07) is 4.39. The molecular formula is C21H24N2O5S. The van der Waals surface area contributed by atoms with Crippen LogP contribution in [-0.2, 0) is 17.6 Å². The van der Waals surface area contributed by atoms with Crippen molar-refractivity contribution in [3.05, 3.63) is 55.4 Å². The molecule has 1 atom stereocenters. The van der Waals surface area contributed by atoms with Gasteiger partial charge in [0.25, 0.3) is 11.6 Å². The molecule has 154 valence electrons. The standard InChI is InChI=1S/C21H24N2O5S/c1-4-10-28-21(25)18-15-9-8-12(2)11-17(15)29-20(18)22-19(24)14-6-5-7-16(13(14)3)23(26)27/h5-7,12H,4,8-11H2,1-3H3,(H,22,24). The van der Waals surface area contributed by atoms with E-state index < -0.39 is 16.8 Å². The number of rotatable bonds is 6. The number of amides is 1. The minimum absolute atomic E-state index is 0.112. The second-order valence-electron chi connectivity index (χ2n) is 7.35. The van der Waals surface area contributed by atoms with Crippen molar-refractivity contribution >= 4 is 33.9 Å². The van der Waals surface area contributed by atoms with E-state index >= 15 is 0 Å². The molecule has 1 aromatic heterocycles. The lowest BCUT2D eigenvalue weighted by molar-refractivity contribution is -0.385. The van der Waals surface area contributed by atoms with Crippen molar-refractivity contribution in [1.29, 1.82) is 0 Å². The van der Waals surface area contributed by atoms with E-state index in [0.717, 1.165) is 29.7 Å². The predicted octanol–water partition coefficient (Wildman–Crippen LogP) is 4.91. The zero-order chi connectivity index (χ0) is 21.1. The normalized spacial score (nSPS) is 15.5. The molecule has 1 aliphatic carbocycles. The fourth-order valence-electron chi connectivity index (χ4n) is 3.56. The van der Waals surface area contributed by atoms with Crippen LogP contribution in [0.5, 0.6) is 0 Å². The fourth-order valence-corrected chi connectivity index (χ4v) is 4.95. The first kappa shape index (κ1) is 21.0. The van der Waals surface area contributed by atoms with E-state index in [-0.39, 0.29) is 11.3 Å². The number of nitrogens with one attached hydrogen (secondary N) is 1. The first-order valence-electron chi connectivity index (χ1n) is 9.70. The average Bonchev–Trinajstić information content (AvgIpc) is 3.02. The molecular weight excluding hydrogens is 392 g/mol. The van der Waals surface area contributed by atoms with Gasteiger partial charge in [-0.25, -0.2) is 4.79 Å². The Bertz CT molecular complexity index is 966. The molecule has 0 spiro atoms. The highest BCUT2D eigenvalue weighted by Crippen LogP contribution is 2.40. The van der Waals surface area contributed by atoms with Gasteiger partial charge in [0.15, 0.2) is 0 Å². The second kappa shape index (κ2) is 8.73. The van der Waals surface area contributed by atoms with Crippen molar-refractivity contribution in [2.24, 2.45) is 5.92 Å². The summed E-state index contributed by atoms with van der Waals surface area (Å²) in [6.07, 6.45) is 3.33. The molecule has 1 N–H and O–H groups in total. The number of anilines is 1. The predicted molar refractivity (Wildman–Crippen MR) is 112 cm³/mol. The van der Waals surface area contributed by atoms with Gasteiger partial charge in [-0.15, -0.1) is 11.3 Å². The number of hydrogen-bond donors (Lipinski definition) is 1. The molecule has 29 heavy (non-hydrogen) atoms. The van der Waals surface area contributed by atoms with Gasteiger partial charge < -0.3 is 10.1 Å². The molecule has 3 rings (SSSR count). The highest BCUT2D eigenvalue weighted by Gasteiger charge is 2.30. The van der Waals surface area contributed by atoms with Crippen molar-refractivity contribution in [1.82, 2.24) is 0 Å². The van der Waals surface area contributed by atoms with Crippen LogP contribution in [0.25, 0.3) is 0 Å². The Morgan fingerprint density at radius 2 is 2.14 bits per heavy atom. The molecule has 0 saturated carbocycles. The molecule has 0 bridgehead atoms. The molecule has 1 aliphatic rings. The number of ether oxygens (including phenoxy) is 1. The van der Waals surface area contributed by atoms with E-state index in [1.807, 2.05) is 6.92 Å². The lowest BCUT2D eigenvalue weighted by atomic mass is 9.88. The van der Waals surface area contributed by atoms with Crippen LogP contribution in [0.1, 0.15) is 63.4 Å². The Balaban J connectivity index is 1.96. The number of nitro groups is 1. The zero-order valence-electron chi connectivity index (χ0n) is 16.7. The zero-order valence-corrected chi connectivity index (χ0v) is 17.6. The number of fused-ring (bicyclic) bond motifs is 1. The average molecular weight is 416 g/mol. The van der Waals surface area contributed by atoms with Crippen LogP contribution in [0.4, 0.5) is 10.7 Å². The molecule has 0 fully saturated rings. The summed E-state index contributed by atoms with van der Waals surface area (Å²) >= 11 is 1.40. The third-order valence-electron chi connectivity index (χ3n) is 5.13. The van der Waals surface area contributed by atoms with Gasteiger partial charge in [-0.3, -0.25) is 14.9 Å². The summed E-state index contributed by atoms with van der Waals surface area (Å²) in [5, 5.41) is 14.5. The quantitative estimate of drug-likeness (QED) is 0.410. The van der Waals surface area contributed by atoms with Crippen molar-refractivity contribution in [2.45, 2.75) is 46.5 Å². The van der Waals surface area contributed by atoms with E-state index in [0.29, 0.717) is 35.1 Å². The lowest BCUT2D eigenvalue weighted by Gasteiger charge is -2.18. The van der Waals surface area contributed by atoms with Gasteiger partial charge in [-0.1, -0.05) is 19.9 Å². The van der Waals surface area contributed by atoms with E-state index in [9.17, 15) is 19.7 Å². The number of carbonyl (C=O) groups excluding carboxylic acids is 2.